The lowest BCUT2D eigenvalue weighted by molar-refractivity contribution is -0.123. The number of nitrogens with one attached hydrogen (secondary N) is 1. The molecule has 3 N–H and O–H groups in total. The van der Waals surface area contributed by atoms with Crippen LogP contribution in [0.4, 0.5) is 0 Å². The van der Waals surface area contributed by atoms with Gasteiger partial charge >= 0.3 is 0 Å². The molecule has 0 aliphatic carbocycles. The zero-order valence-corrected chi connectivity index (χ0v) is 16.4. The Bertz CT molecular complexity index is 679. The second kappa shape index (κ2) is 7.84. The number of hydrogen-bond acceptors (Lipinski definition) is 5. The number of ether oxygens (including phenoxy) is 1. The normalized spacial score (nSPS) is 22.5. The first-order valence-electron chi connectivity index (χ1n) is 9.15. The Morgan fingerprint density at radius 3 is 2.62 bits per heavy atom. The van der Waals surface area contributed by atoms with E-state index >= 15 is 0 Å². The summed E-state index contributed by atoms with van der Waals surface area (Å²) in [5.74, 6) is -0.248. The summed E-state index contributed by atoms with van der Waals surface area (Å²) < 4.78 is 6.21. The quantitative estimate of drug-likeness (QED) is 0.792. The molecule has 3 aliphatic heterocycles. The summed E-state index contributed by atoms with van der Waals surface area (Å²) >= 11 is 1.61. The van der Waals surface area contributed by atoms with E-state index in [9.17, 15) is 9.59 Å². The van der Waals surface area contributed by atoms with Crippen molar-refractivity contribution in [3.05, 3.63) is 21.4 Å². The number of carbonyl (C=O) groups is 2. The minimum absolute atomic E-state index is 0. The van der Waals surface area contributed by atoms with E-state index < -0.39 is 0 Å². The van der Waals surface area contributed by atoms with Gasteiger partial charge in [-0.25, -0.2) is 0 Å². The molecule has 1 aromatic heterocycles. The molecule has 3 aliphatic rings. The predicted octanol–water partition coefficient (Wildman–Crippen LogP) is 1.66. The van der Waals surface area contributed by atoms with Gasteiger partial charge in [0.05, 0.1) is 11.5 Å². The van der Waals surface area contributed by atoms with E-state index in [4.69, 9.17) is 10.5 Å². The molecule has 8 heteroatoms. The van der Waals surface area contributed by atoms with E-state index in [1.165, 1.54) is 10.4 Å². The molecule has 2 saturated heterocycles. The number of rotatable bonds is 2. The fraction of sp³-hybridized carbons (Fsp3) is 0.667. The lowest BCUT2D eigenvalue weighted by Gasteiger charge is -2.40. The fourth-order valence-corrected chi connectivity index (χ4v) is 5.63. The fourth-order valence-electron chi connectivity index (χ4n) is 4.25. The van der Waals surface area contributed by atoms with Crippen LogP contribution >= 0.6 is 23.7 Å². The summed E-state index contributed by atoms with van der Waals surface area (Å²) in [6.07, 6.45) is 4.17. The topological polar surface area (TPSA) is 84.7 Å². The van der Waals surface area contributed by atoms with Crippen molar-refractivity contribution in [2.75, 3.05) is 32.8 Å². The van der Waals surface area contributed by atoms with Crippen LogP contribution < -0.4 is 11.1 Å². The highest BCUT2D eigenvalue weighted by atomic mass is 35.5. The van der Waals surface area contributed by atoms with Crippen LogP contribution in [-0.4, -0.2) is 49.5 Å². The Labute approximate surface area is 163 Å². The lowest BCUT2D eigenvalue weighted by atomic mass is 9.86. The van der Waals surface area contributed by atoms with Gasteiger partial charge in [0.1, 0.15) is 5.60 Å². The monoisotopic (exact) mass is 399 g/mol. The second-order valence-electron chi connectivity index (χ2n) is 7.28. The van der Waals surface area contributed by atoms with Crippen LogP contribution in [0.15, 0.2) is 6.07 Å². The molecule has 1 aromatic rings. The van der Waals surface area contributed by atoms with Crippen LogP contribution in [0.25, 0.3) is 0 Å². The van der Waals surface area contributed by atoms with Crippen LogP contribution in [0.2, 0.25) is 0 Å². The molecule has 0 atom stereocenters. The van der Waals surface area contributed by atoms with Crippen molar-refractivity contribution in [3.8, 4) is 0 Å². The van der Waals surface area contributed by atoms with Gasteiger partial charge in [-0.15, -0.1) is 23.7 Å². The number of nitrogens with zero attached hydrogens (tertiary/aromatic N) is 1. The van der Waals surface area contributed by atoms with Gasteiger partial charge in [0.15, 0.2) is 0 Å². The molecule has 0 radical (unpaired) electrons. The molecule has 2 amide bonds. The summed E-state index contributed by atoms with van der Waals surface area (Å²) in [6, 6.07) is 2.08. The van der Waals surface area contributed by atoms with Gasteiger partial charge in [-0.1, -0.05) is 0 Å². The zero-order chi connectivity index (χ0) is 17.4. The SMILES string of the molecule is Cl.NC(=O)C1CCN(C(=O)c2cc3c(s2)C2(CCNCC2)OCC3)CC1. The molecular weight excluding hydrogens is 374 g/mol. The third kappa shape index (κ3) is 3.50. The van der Waals surface area contributed by atoms with E-state index in [0.29, 0.717) is 25.9 Å². The van der Waals surface area contributed by atoms with Crippen molar-refractivity contribution in [2.24, 2.45) is 11.7 Å². The van der Waals surface area contributed by atoms with Crippen molar-refractivity contribution in [2.45, 2.75) is 37.7 Å². The summed E-state index contributed by atoms with van der Waals surface area (Å²) in [5.41, 5.74) is 6.48. The molecule has 144 valence electrons. The molecule has 1 spiro atoms. The van der Waals surface area contributed by atoms with E-state index in [0.717, 1.165) is 43.8 Å². The molecule has 0 bridgehead atoms. The average Bonchev–Trinajstić information content (AvgIpc) is 3.08. The van der Waals surface area contributed by atoms with Gasteiger partial charge in [-0.3, -0.25) is 9.59 Å². The first kappa shape index (κ1) is 19.6. The smallest absolute Gasteiger partial charge is 0.263 e. The van der Waals surface area contributed by atoms with E-state index in [1.807, 2.05) is 4.90 Å². The maximum Gasteiger partial charge on any atom is 0.263 e. The standard InChI is InChI=1S/C18H25N3O3S.ClH/c19-16(22)12-1-8-21(9-2-12)17(23)14-11-13-3-10-24-18(15(13)25-14)4-6-20-7-5-18;/h11-12,20H,1-10H2,(H2,19,22);1H. The van der Waals surface area contributed by atoms with Crippen LogP contribution in [0, 0.1) is 5.92 Å². The predicted molar refractivity (Wildman–Crippen MR) is 103 cm³/mol. The van der Waals surface area contributed by atoms with Crippen LogP contribution in [0.1, 0.15) is 45.8 Å². The highest BCUT2D eigenvalue weighted by molar-refractivity contribution is 7.14. The van der Waals surface area contributed by atoms with E-state index in [1.54, 1.807) is 11.3 Å². The Hall–Kier alpha value is -1.15. The number of nitrogens with two attached hydrogens (primary N) is 1. The average molecular weight is 400 g/mol. The summed E-state index contributed by atoms with van der Waals surface area (Å²) in [7, 11) is 0. The Balaban J connectivity index is 0.00000196. The minimum atomic E-state index is -0.247. The van der Waals surface area contributed by atoms with Crippen LogP contribution in [0.5, 0.6) is 0 Å². The van der Waals surface area contributed by atoms with Gasteiger partial charge in [-0.05, 0) is 56.8 Å². The van der Waals surface area contributed by atoms with Crippen molar-refractivity contribution < 1.29 is 14.3 Å². The Morgan fingerprint density at radius 1 is 1.27 bits per heavy atom. The van der Waals surface area contributed by atoms with E-state index in [2.05, 4.69) is 11.4 Å². The number of likely N-dealkylation sites (tertiary alicyclic amines) is 1. The number of primary amides is 1. The number of fused-ring (bicyclic) bond motifs is 2. The van der Waals surface area contributed by atoms with Gasteiger partial charge < -0.3 is 20.7 Å². The number of amides is 2. The molecular formula is C18H26ClN3O3S. The van der Waals surface area contributed by atoms with Gasteiger partial charge in [0.25, 0.3) is 5.91 Å². The van der Waals surface area contributed by atoms with Crippen molar-refractivity contribution in [3.63, 3.8) is 0 Å². The maximum absolute atomic E-state index is 12.9. The van der Waals surface area contributed by atoms with Crippen LogP contribution in [-0.2, 0) is 21.6 Å². The molecule has 0 aromatic carbocycles. The third-order valence-corrected chi connectivity index (χ3v) is 7.13. The molecule has 0 saturated carbocycles. The number of piperidine rings is 2. The van der Waals surface area contributed by atoms with Gasteiger partial charge in [-0.2, -0.15) is 0 Å². The van der Waals surface area contributed by atoms with Crippen molar-refractivity contribution in [1.29, 1.82) is 0 Å². The molecule has 26 heavy (non-hydrogen) atoms. The largest absolute Gasteiger partial charge is 0.369 e. The Kier molecular flexibility index (Phi) is 5.91. The third-order valence-electron chi connectivity index (χ3n) is 5.78. The lowest BCUT2D eigenvalue weighted by Crippen LogP contribution is -2.44. The van der Waals surface area contributed by atoms with Gasteiger partial charge in [0, 0.05) is 23.9 Å². The van der Waals surface area contributed by atoms with E-state index in [-0.39, 0.29) is 35.7 Å². The number of halogens is 1. The first-order valence-corrected chi connectivity index (χ1v) is 9.97. The highest BCUT2D eigenvalue weighted by Gasteiger charge is 2.41. The maximum atomic E-state index is 12.9. The summed E-state index contributed by atoms with van der Waals surface area (Å²) in [6.45, 7) is 3.88. The van der Waals surface area contributed by atoms with Crippen molar-refractivity contribution in [1.82, 2.24) is 10.2 Å². The number of thiophene rings is 1. The first-order chi connectivity index (χ1) is 12.1. The highest BCUT2D eigenvalue weighted by Crippen LogP contribution is 2.44. The molecule has 0 unspecified atom stereocenters. The second-order valence-corrected chi connectivity index (χ2v) is 8.33. The molecule has 2 fully saturated rings. The van der Waals surface area contributed by atoms with Crippen LogP contribution in [0.3, 0.4) is 0 Å². The minimum Gasteiger partial charge on any atom is -0.369 e. The number of carbonyl (C=O) groups excluding carboxylic acids is 2. The number of hydrogen-bond donors (Lipinski definition) is 2. The summed E-state index contributed by atoms with van der Waals surface area (Å²) in [4.78, 5) is 28.2. The zero-order valence-electron chi connectivity index (χ0n) is 14.8. The summed E-state index contributed by atoms with van der Waals surface area (Å²) in [5, 5.41) is 3.39. The molecule has 6 nitrogen and oxygen atoms in total. The van der Waals surface area contributed by atoms with Gasteiger partial charge in [0.2, 0.25) is 5.91 Å². The van der Waals surface area contributed by atoms with Crippen molar-refractivity contribution >= 4 is 35.6 Å². The molecule has 4 heterocycles. The Morgan fingerprint density at radius 2 is 1.96 bits per heavy atom. The molecule has 4 rings (SSSR count).